The minimum absolute atomic E-state index is 0.0757. The van der Waals surface area contributed by atoms with Gasteiger partial charge in [0, 0.05) is 11.6 Å². The molecule has 2 aromatic carbocycles. The van der Waals surface area contributed by atoms with E-state index in [2.05, 4.69) is 0 Å². The number of methoxy groups -OCH3 is 1. The van der Waals surface area contributed by atoms with Crippen molar-refractivity contribution in [2.24, 2.45) is 0 Å². The number of hydrogen-bond donors (Lipinski definition) is 10. The summed E-state index contributed by atoms with van der Waals surface area (Å²) in [5, 5.41) is 102. The van der Waals surface area contributed by atoms with Crippen LogP contribution in [0.3, 0.4) is 0 Å². The van der Waals surface area contributed by atoms with Gasteiger partial charge in [-0.3, -0.25) is 4.79 Å². The van der Waals surface area contributed by atoms with Crippen molar-refractivity contribution in [2.75, 3.05) is 13.7 Å². The second-order valence-corrected chi connectivity index (χ2v) is 10.6. The van der Waals surface area contributed by atoms with E-state index in [0.717, 1.165) is 25.3 Å². The Kier molecular flexibility index (Phi) is 9.00. The summed E-state index contributed by atoms with van der Waals surface area (Å²) < 4.78 is 33.1. The normalized spacial score (nSPS) is 32.0. The van der Waals surface area contributed by atoms with Crippen LogP contribution in [-0.4, -0.2) is 126 Å². The van der Waals surface area contributed by atoms with Gasteiger partial charge in [-0.2, -0.15) is 0 Å². The van der Waals surface area contributed by atoms with Crippen LogP contribution in [0.4, 0.5) is 0 Å². The van der Waals surface area contributed by atoms with Crippen LogP contribution in [0.1, 0.15) is 6.92 Å². The first kappa shape index (κ1) is 32.5. The zero-order valence-corrected chi connectivity index (χ0v) is 23.6. The molecule has 0 radical (unpaired) electrons. The second-order valence-electron chi connectivity index (χ2n) is 10.6. The Morgan fingerprint density at radius 3 is 2.07 bits per heavy atom. The van der Waals surface area contributed by atoms with Gasteiger partial charge in [-0.25, -0.2) is 0 Å². The zero-order valence-electron chi connectivity index (χ0n) is 23.6. The highest BCUT2D eigenvalue weighted by atomic mass is 16.7. The van der Waals surface area contributed by atoms with Gasteiger partial charge < -0.3 is 79.2 Å². The quantitative estimate of drug-likeness (QED) is 0.129. The van der Waals surface area contributed by atoms with Crippen LogP contribution < -0.4 is 14.9 Å². The minimum Gasteiger partial charge on any atom is -0.507 e. The highest BCUT2D eigenvalue weighted by Crippen LogP contribution is 2.44. The van der Waals surface area contributed by atoms with Crippen molar-refractivity contribution in [3.63, 3.8) is 0 Å². The maximum Gasteiger partial charge on any atom is 0.239 e. The fraction of sp³-hybridized carbons (Fsp3) is 0.464. The van der Waals surface area contributed by atoms with Crippen LogP contribution in [-0.2, 0) is 14.2 Å². The van der Waals surface area contributed by atoms with Gasteiger partial charge >= 0.3 is 0 Å². The number of benzene rings is 2. The van der Waals surface area contributed by atoms with Crippen LogP contribution in [0.5, 0.6) is 34.5 Å². The first-order valence-electron chi connectivity index (χ1n) is 13.5. The number of aromatic hydroxyl groups is 4. The molecule has 1 aromatic heterocycles. The Morgan fingerprint density at radius 2 is 1.40 bits per heavy atom. The molecule has 5 rings (SSSR count). The second kappa shape index (κ2) is 12.5. The summed E-state index contributed by atoms with van der Waals surface area (Å²) in [7, 11) is 1.16. The van der Waals surface area contributed by atoms with Crippen molar-refractivity contribution < 1.29 is 79.2 Å². The van der Waals surface area contributed by atoms with Gasteiger partial charge in [0.2, 0.25) is 23.2 Å². The summed E-state index contributed by atoms with van der Waals surface area (Å²) in [5.74, 6) is -4.04. The number of ether oxygens (including phenoxy) is 5. The van der Waals surface area contributed by atoms with E-state index in [1.807, 2.05) is 0 Å². The monoisotopic (exact) mass is 640 g/mol. The Morgan fingerprint density at radius 1 is 0.733 bits per heavy atom. The Labute approximate surface area is 252 Å². The highest BCUT2D eigenvalue weighted by Gasteiger charge is 2.48. The number of fused-ring (bicyclic) bond motifs is 1. The van der Waals surface area contributed by atoms with Crippen LogP contribution in [0.25, 0.3) is 22.3 Å². The first-order valence-corrected chi connectivity index (χ1v) is 13.5. The number of phenols is 4. The predicted molar refractivity (Wildman–Crippen MR) is 147 cm³/mol. The summed E-state index contributed by atoms with van der Waals surface area (Å²) in [6, 6.07) is 4.09. The van der Waals surface area contributed by atoms with E-state index in [1.165, 1.54) is 13.0 Å². The van der Waals surface area contributed by atoms with E-state index in [-0.39, 0.29) is 11.3 Å². The molecule has 0 spiro atoms. The van der Waals surface area contributed by atoms with Crippen molar-refractivity contribution >= 4 is 11.0 Å². The third kappa shape index (κ3) is 5.81. The lowest BCUT2D eigenvalue weighted by Gasteiger charge is -2.42. The molecule has 17 nitrogen and oxygen atoms in total. The molecule has 246 valence electrons. The van der Waals surface area contributed by atoms with Gasteiger partial charge in [0.25, 0.3) is 0 Å². The van der Waals surface area contributed by atoms with Crippen LogP contribution in [0.15, 0.2) is 33.5 Å². The SMILES string of the molecule is COc1c(O)cc(O)c2c(=O)c(O[C@@H]3OC(CO[C@@H]4OC(C)[C@H](O)[C@H](O)C4O)[C@H](O)C(O)C3O)c(-c3ccc(O)c(O)c3)oc12. The fourth-order valence-electron chi connectivity index (χ4n) is 5.06. The highest BCUT2D eigenvalue weighted by molar-refractivity contribution is 5.93. The molecule has 0 amide bonds. The first-order chi connectivity index (χ1) is 21.2. The van der Waals surface area contributed by atoms with Gasteiger partial charge in [-0.15, -0.1) is 0 Å². The predicted octanol–water partition coefficient (Wildman–Crippen LogP) is -1.68. The Hall–Kier alpha value is -3.91. The fourth-order valence-corrected chi connectivity index (χ4v) is 5.06. The van der Waals surface area contributed by atoms with Crippen molar-refractivity contribution in [1.29, 1.82) is 0 Å². The third-order valence-corrected chi connectivity index (χ3v) is 7.62. The molecule has 0 aliphatic carbocycles. The van der Waals surface area contributed by atoms with Gasteiger partial charge in [0.1, 0.15) is 53.9 Å². The molecular weight excluding hydrogens is 608 g/mol. The summed E-state index contributed by atoms with van der Waals surface area (Å²) in [6.45, 7) is 0.797. The van der Waals surface area contributed by atoms with Crippen LogP contribution in [0.2, 0.25) is 0 Å². The van der Waals surface area contributed by atoms with E-state index in [0.29, 0.717) is 0 Å². The number of rotatable bonds is 7. The molecule has 45 heavy (non-hydrogen) atoms. The summed E-state index contributed by atoms with van der Waals surface area (Å²) in [6.07, 6.45) is -16.3. The molecule has 2 saturated heterocycles. The molecule has 5 unspecified atom stereocenters. The number of aliphatic hydroxyl groups excluding tert-OH is 6. The average molecular weight is 641 g/mol. The van der Waals surface area contributed by atoms with E-state index < -0.39 is 119 Å². The molecule has 17 heteroatoms. The maximum absolute atomic E-state index is 13.8. The molecule has 3 heterocycles. The summed E-state index contributed by atoms with van der Waals surface area (Å²) in [5.41, 5.74) is -1.60. The van der Waals surface area contributed by atoms with Crippen LogP contribution in [0, 0.1) is 0 Å². The standard InChI is InChI=1S/C28H32O17/c1-8-16(33)19(36)21(38)27(42-8)41-7-14-17(34)20(37)22(39)28(43-14)45-26-18(35)15-12(31)6-13(32)24(40-2)25(15)44-23(26)9-3-4-10(29)11(30)5-9/h3-6,8,14,16-17,19-22,27-34,36-39H,7H2,1-2H3/t8?,14?,16-,17-,19-,20?,21?,22?,27+,28-/m0/s1. The van der Waals surface area contributed by atoms with E-state index in [1.54, 1.807) is 0 Å². The smallest absolute Gasteiger partial charge is 0.239 e. The van der Waals surface area contributed by atoms with Crippen LogP contribution >= 0.6 is 0 Å². The lowest BCUT2D eigenvalue weighted by Crippen LogP contribution is -2.61. The van der Waals surface area contributed by atoms with E-state index >= 15 is 0 Å². The van der Waals surface area contributed by atoms with Gasteiger partial charge in [-0.05, 0) is 25.1 Å². The molecule has 0 bridgehead atoms. The topological polar surface area (TPSA) is 279 Å². The molecule has 2 fully saturated rings. The molecular formula is C28H32O17. The molecule has 2 aliphatic rings. The lowest BCUT2D eigenvalue weighted by atomic mass is 9.98. The van der Waals surface area contributed by atoms with Crippen molar-refractivity contribution in [2.45, 2.75) is 68.3 Å². The number of hydrogen-bond acceptors (Lipinski definition) is 17. The lowest BCUT2D eigenvalue weighted by molar-refractivity contribution is -0.318. The summed E-state index contributed by atoms with van der Waals surface area (Å²) >= 11 is 0. The van der Waals surface area contributed by atoms with E-state index in [9.17, 15) is 55.9 Å². The van der Waals surface area contributed by atoms with Gasteiger partial charge in [0.15, 0.2) is 34.9 Å². The molecule has 0 saturated carbocycles. The molecule has 10 atom stereocenters. The molecule has 2 aliphatic heterocycles. The average Bonchev–Trinajstić information content (AvgIpc) is 3.00. The van der Waals surface area contributed by atoms with Crippen molar-refractivity contribution in [1.82, 2.24) is 0 Å². The molecule has 10 N–H and O–H groups in total. The largest absolute Gasteiger partial charge is 0.507 e. The third-order valence-electron chi connectivity index (χ3n) is 7.62. The maximum atomic E-state index is 13.8. The van der Waals surface area contributed by atoms with Crippen molar-refractivity contribution in [3.8, 4) is 45.8 Å². The molecule has 3 aromatic rings. The summed E-state index contributed by atoms with van der Waals surface area (Å²) in [4.78, 5) is 13.8. The minimum atomic E-state index is -2.00. The Balaban J connectivity index is 1.52. The van der Waals surface area contributed by atoms with E-state index in [4.69, 9.17) is 28.1 Å². The van der Waals surface area contributed by atoms with Gasteiger partial charge in [0.05, 0.1) is 19.8 Å². The Bertz CT molecular complexity index is 1610. The van der Waals surface area contributed by atoms with Gasteiger partial charge in [-0.1, -0.05) is 0 Å². The number of aliphatic hydroxyl groups is 6. The zero-order chi connectivity index (χ0) is 32.9. The number of phenolic OH excluding ortho intramolecular Hbond substituents is 4. The van der Waals surface area contributed by atoms with Crippen molar-refractivity contribution in [3.05, 3.63) is 34.5 Å².